The molecule has 6 heteroatoms. The van der Waals surface area contributed by atoms with Crippen LogP contribution in [0.5, 0.6) is 0 Å². The molecule has 1 aliphatic rings. The van der Waals surface area contributed by atoms with Crippen LogP contribution >= 0.6 is 0 Å². The average molecular weight is 261 g/mol. The van der Waals surface area contributed by atoms with Gasteiger partial charge in [0.2, 0.25) is 5.95 Å². The summed E-state index contributed by atoms with van der Waals surface area (Å²) in [5.74, 6) is 2.05. The number of hydrogen-bond acceptors (Lipinski definition) is 5. The van der Waals surface area contributed by atoms with Crippen molar-refractivity contribution in [2.75, 3.05) is 25.1 Å². The molecule has 2 aromatic heterocycles. The Balaban J connectivity index is 2.00. The Morgan fingerprint density at radius 1 is 1.32 bits per heavy atom. The van der Waals surface area contributed by atoms with Crippen LogP contribution in [0, 0.1) is 6.92 Å². The lowest BCUT2D eigenvalue weighted by molar-refractivity contribution is 0.0778. The lowest BCUT2D eigenvalue weighted by Gasteiger charge is -2.38. The van der Waals surface area contributed by atoms with E-state index in [2.05, 4.69) is 33.8 Å². The molecule has 0 radical (unpaired) electrons. The molecule has 102 valence electrons. The molecule has 0 atom stereocenters. The fourth-order valence-electron chi connectivity index (χ4n) is 2.31. The minimum Gasteiger partial charge on any atom is -0.378 e. The van der Waals surface area contributed by atoms with E-state index in [1.54, 1.807) is 7.11 Å². The number of rotatable bonds is 3. The third-order valence-corrected chi connectivity index (χ3v) is 3.63. The fraction of sp³-hybridized carbons (Fsp3) is 0.615. The van der Waals surface area contributed by atoms with Crippen molar-refractivity contribution in [1.29, 1.82) is 0 Å². The zero-order valence-corrected chi connectivity index (χ0v) is 11.8. The zero-order chi connectivity index (χ0) is 13.6. The molecule has 3 heterocycles. The summed E-state index contributed by atoms with van der Waals surface area (Å²) in [5.41, 5.74) is 2.08. The Morgan fingerprint density at radius 2 is 2.05 bits per heavy atom. The maximum Gasteiger partial charge on any atom is 0.229 e. The number of aromatic nitrogens is 4. The molecule has 19 heavy (non-hydrogen) atoms. The highest BCUT2D eigenvalue weighted by molar-refractivity contribution is 5.52. The van der Waals surface area contributed by atoms with E-state index in [1.165, 1.54) is 0 Å². The van der Waals surface area contributed by atoms with E-state index >= 15 is 0 Å². The minimum absolute atomic E-state index is 0.301. The van der Waals surface area contributed by atoms with Crippen LogP contribution in [-0.4, -0.2) is 45.9 Å². The maximum absolute atomic E-state index is 5.29. The van der Waals surface area contributed by atoms with Crippen LogP contribution in [0.25, 0.3) is 5.65 Å². The first-order valence-corrected chi connectivity index (χ1v) is 6.60. The van der Waals surface area contributed by atoms with Gasteiger partial charge in [0.25, 0.3) is 0 Å². The number of anilines is 1. The Kier molecular flexibility index (Phi) is 2.89. The number of ether oxygens (including phenoxy) is 1. The molecule has 0 aliphatic carbocycles. The normalized spacial score (nSPS) is 16.4. The summed E-state index contributed by atoms with van der Waals surface area (Å²) in [6.45, 7) is 7.98. The molecule has 1 saturated heterocycles. The van der Waals surface area contributed by atoms with Crippen LogP contribution in [0.1, 0.15) is 31.2 Å². The van der Waals surface area contributed by atoms with Gasteiger partial charge in [0.15, 0.2) is 5.65 Å². The van der Waals surface area contributed by atoms with Crippen molar-refractivity contribution in [3.8, 4) is 0 Å². The molecule has 1 aliphatic heterocycles. The van der Waals surface area contributed by atoms with Crippen molar-refractivity contribution in [1.82, 2.24) is 19.6 Å². The van der Waals surface area contributed by atoms with Gasteiger partial charge in [-0.2, -0.15) is 15.1 Å². The largest absolute Gasteiger partial charge is 0.378 e. The van der Waals surface area contributed by atoms with Crippen LogP contribution in [0.15, 0.2) is 6.20 Å². The Hall–Kier alpha value is -1.69. The standard InChI is InChI=1S/C13H19N5O/c1-8(2)11-5-14-18-9(3)15-13(16-12(11)18)17-6-10(7-17)19-4/h5,8,10H,6-7H2,1-4H3. The van der Waals surface area contributed by atoms with Gasteiger partial charge < -0.3 is 9.64 Å². The van der Waals surface area contributed by atoms with Gasteiger partial charge in [-0.3, -0.25) is 0 Å². The average Bonchev–Trinajstić information content (AvgIpc) is 2.72. The highest BCUT2D eigenvalue weighted by atomic mass is 16.5. The van der Waals surface area contributed by atoms with Gasteiger partial charge in [0.1, 0.15) is 5.82 Å². The van der Waals surface area contributed by atoms with Crippen molar-refractivity contribution in [2.45, 2.75) is 32.8 Å². The Morgan fingerprint density at radius 3 is 2.68 bits per heavy atom. The van der Waals surface area contributed by atoms with Crippen LogP contribution in [0.2, 0.25) is 0 Å². The molecule has 0 amide bonds. The highest BCUT2D eigenvalue weighted by Crippen LogP contribution is 2.23. The van der Waals surface area contributed by atoms with Gasteiger partial charge in [0.05, 0.1) is 12.3 Å². The first-order valence-electron chi connectivity index (χ1n) is 6.60. The molecule has 1 fully saturated rings. The lowest BCUT2D eigenvalue weighted by Crippen LogP contribution is -2.52. The van der Waals surface area contributed by atoms with E-state index in [-0.39, 0.29) is 0 Å². The molecule has 0 unspecified atom stereocenters. The second kappa shape index (κ2) is 4.45. The third kappa shape index (κ3) is 1.96. The Labute approximate surface area is 112 Å². The summed E-state index contributed by atoms with van der Waals surface area (Å²) >= 11 is 0. The molecule has 0 aromatic carbocycles. The highest BCUT2D eigenvalue weighted by Gasteiger charge is 2.29. The van der Waals surface area contributed by atoms with Gasteiger partial charge in [-0.05, 0) is 12.8 Å². The number of fused-ring (bicyclic) bond motifs is 1. The van der Waals surface area contributed by atoms with Crippen molar-refractivity contribution in [3.05, 3.63) is 17.6 Å². The molecule has 0 bridgehead atoms. The van der Waals surface area contributed by atoms with E-state index in [0.29, 0.717) is 12.0 Å². The number of nitrogens with zero attached hydrogens (tertiary/aromatic N) is 5. The summed E-state index contributed by atoms with van der Waals surface area (Å²) in [4.78, 5) is 11.3. The van der Waals surface area contributed by atoms with Crippen LogP contribution < -0.4 is 4.90 Å². The van der Waals surface area contributed by atoms with Crippen LogP contribution in [0.4, 0.5) is 5.95 Å². The van der Waals surface area contributed by atoms with Gasteiger partial charge >= 0.3 is 0 Å². The van der Waals surface area contributed by atoms with E-state index in [0.717, 1.165) is 36.1 Å². The summed E-state index contributed by atoms with van der Waals surface area (Å²) < 4.78 is 7.10. The van der Waals surface area contributed by atoms with Crippen molar-refractivity contribution < 1.29 is 4.74 Å². The zero-order valence-electron chi connectivity index (χ0n) is 11.8. The fourth-order valence-corrected chi connectivity index (χ4v) is 2.31. The topological polar surface area (TPSA) is 55.5 Å². The number of methoxy groups -OCH3 is 1. The number of hydrogen-bond donors (Lipinski definition) is 0. The molecular weight excluding hydrogens is 242 g/mol. The van der Waals surface area contributed by atoms with E-state index < -0.39 is 0 Å². The van der Waals surface area contributed by atoms with Crippen LogP contribution in [0.3, 0.4) is 0 Å². The molecule has 6 nitrogen and oxygen atoms in total. The molecular formula is C13H19N5O. The predicted molar refractivity (Wildman–Crippen MR) is 72.6 cm³/mol. The molecule has 0 N–H and O–H groups in total. The van der Waals surface area contributed by atoms with Crippen molar-refractivity contribution in [2.24, 2.45) is 0 Å². The van der Waals surface area contributed by atoms with Gasteiger partial charge in [-0.25, -0.2) is 4.52 Å². The smallest absolute Gasteiger partial charge is 0.229 e. The maximum atomic E-state index is 5.29. The Bertz CT molecular complexity index is 600. The second-order valence-electron chi connectivity index (χ2n) is 5.32. The van der Waals surface area contributed by atoms with Gasteiger partial charge in [0, 0.05) is 25.8 Å². The van der Waals surface area contributed by atoms with Crippen LogP contribution in [-0.2, 0) is 4.74 Å². The minimum atomic E-state index is 0.301. The summed E-state index contributed by atoms with van der Waals surface area (Å²) in [6.07, 6.45) is 2.19. The van der Waals surface area contributed by atoms with Crippen molar-refractivity contribution in [3.63, 3.8) is 0 Å². The first-order chi connectivity index (χ1) is 9.10. The molecule has 2 aromatic rings. The molecule has 3 rings (SSSR count). The predicted octanol–water partition coefficient (Wildman–Crippen LogP) is 1.39. The third-order valence-electron chi connectivity index (χ3n) is 3.63. The van der Waals surface area contributed by atoms with Gasteiger partial charge in [-0.1, -0.05) is 13.8 Å². The SMILES string of the molecule is COC1CN(c2nc(C)n3ncc(C(C)C)c3n2)C1. The summed E-state index contributed by atoms with van der Waals surface area (Å²) in [7, 11) is 1.74. The second-order valence-corrected chi connectivity index (χ2v) is 5.32. The van der Waals surface area contributed by atoms with Crippen molar-refractivity contribution >= 4 is 11.6 Å². The summed E-state index contributed by atoms with van der Waals surface area (Å²) in [5, 5.41) is 4.36. The van der Waals surface area contributed by atoms with E-state index in [9.17, 15) is 0 Å². The molecule has 0 saturated carbocycles. The van der Waals surface area contributed by atoms with E-state index in [4.69, 9.17) is 4.74 Å². The lowest BCUT2D eigenvalue weighted by atomic mass is 10.1. The van der Waals surface area contributed by atoms with Gasteiger partial charge in [-0.15, -0.1) is 0 Å². The molecule has 0 spiro atoms. The number of aryl methyl sites for hydroxylation is 1. The van der Waals surface area contributed by atoms with E-state index in [1.807, 2.05) is 17.6 Å². The summed E-state index contributed by atoms with van der Waals surface area (Å²) in [6, 6.07) is 0. The first kappa shape index (κ1) is 12.3. The quantitative estimate of drug-likeness (QED) is 0.835. The monoisotopic (exact) mass is 261 g/mol.